The van der Waals surface area contributed by atoms with Crippen LogP contribution in [-0.4, -0.2) is 38.1 Å². The lowest BCUT2D eigenvalue weighted by Crippen LogP contribution is -2.35. The Bertz CT molecular complexity index is 1170. The number of furan rings is 1. The molecule has 0 fully saturated rings. The van der Waals surface area contributed by atoms with Gasteiger partial charge in [-0.1, -0.05) is 58.9 Å². The van der Waals surface area contributed by atoms with Crippen molar-refractivity contribution >= 4 is 5.91 Å². The van der Waals surface area contributed by atoms with Gasteiger partial charge in [0.2, 0.25) is 0 Å². The van der Waals surface area contributed by atoms with Gasteiger partial charge >= 0.3 is 0 Å². The van der Waals surface area contributed by atoms with E-state index in [2.05, 4.69) is 59.7 Å². The average molecular weight is 492 g/mol. The van der Waals surface area contributed by atoms with Crippen LogP contribution in [0.2, 0.25) is 0 Å². The number of amides is 1. The highest BCUT2D eigenvalue weighted by Gasteiger charge is 2.21. The maximum atomic E-state index is 13.4. The van der Waals surface area contributed by atoms with Crippen LogP contribution in [0.4, 0.5) is 0 Å². The summed E-state index contributed by atoms with van der Waals surface area (Å²) >= 11 is 0. The number of ether oxygens (including phenoxy) is 2. The Kier molecular flexibility index (Phi) is 8.89. The molecule has 194 valence electrons. The van der Waals surface area contributed by atoms with E-state index in [1.165, 1.54) is 16.7 Å². The van der Waals surface area contributed by atoms with E-state index in [1.807, 2.05) is 35.2 Å². The van der Waals surface area contributed by atoms with Gasteiger partial charge in [0.15, 0.2) is 17.3 Å². The van der Waals surface area contributed by atoms with Gasteiger partial charge < -0.3 is 18.8 Å². The zero-order valence-corrected chi connectivity index (χ0v) is 23.1. The molecule has 0 radical (unpaired) electrons. The topological polar surface area (TPSA) is 51.9 Å². The van der Waals surface area contributed by atoms with E-state index in [0.29, 0.717) is 49.1 Å². The lowest BCUT2D eigenvalue weighted by molar-refractivity contribution is 0.0704. The molecule has 0 N–H and O–H groups in total. The molecular weight excluding hydrogens is 450 g/mol. The van der Waals surface area contributed by atoms with E-state index >= 15 is 0 Å². The molecule has 1 heterocycles. The highest BCUT2D eigenvalue weighted by atomic mass is 16.5. The fourth-order valence-corrected chi connectivity index (χ4v) is 4.28. The molecular formula is C31H41NO4. The lowest BCUT2D eigenvalue weighted by atomic mass is 9.85. The molecule has 0 unspecified atom stereocenters. The van der Waals surface area contributed by atoms with Crippen LogP contribution in [0, 0.1) is 12.8 Å². The minimum atomic E-state index is -0.0735. The fraction of sp³-hybridized carbons (Fsp3) is 0.452. The molecule has 0 atom stereocenters. The number of rotatable bonds is 10. The third-order valence-corrected chi connectivity index (χ3v) is 6.44. The Morgan fingerprint density at radius 2 is 1.69 bits per heavy atom. The third kappa shape index (κ3) is 6.93. The molecule has 1 amide bonds. The van der Waals surface area contributed by atoms with Crippen LogP contribution in [-0.2, 0) is 18.3 Å². The Morgan fingerprint density at radius 1 is 0.972 bits per heavy atom. The van der Waals surface area contributed by atoms with E-state index in [0.717, 1.165) is 11.3 Å². The van der Waals surface area contributed by atoms with E-state index in [9.17, 15) is 4.79 Å². The minimum Gasteiger partial charge on any atom is -0.493 e. The van der Waals surface area contributed by atoms with Gasteiger partial charge in [-0.2, -0.15) is 0 Å². The molecule has 0 spiro atoms. The third-order valence-electron chi connectivity index (χ3n) is 6.44. The number of carbonyl (C=O) groups excluding carboxylic acids is 1. The number of benzene rings is 2. The highest BCUT2D eigenvalue weighted by Crippen LogP contribution is 2.28. The molecule has 2 aromatic carbocycles. The molecule has 36 heavy (non-hydrogen) atoms. The molecule has 5 heteroatoms. The summed E-state index contributed by atoms with van der Waals surface area (Å²) < 4.78 is 16.9. The van der Waals surface area contributed by atoms with Crippen molar-refractivity contribution in [1.82, 2.24) is 4.90 Å². The molecule has 5 nitrogen and oxygen atoms in total. The van der Waals surface area contributed by atoms with Crippen LogP contribution in [0.1, 0.15) is 73.2 Å². The number of nitrogens with zero attached hydrogens (tertiary/aromatic N) is 1. The summed E-state index contributed by atoms with van der Waals surface area (Å²) in [6, 6.07) is 16.2. The van der Waals surface area contributed by atoms with Gasteiger partial charge in [-0.15, -0.1) is 0 Å². The van der Waals surface area contributed by atoms with Gasteiger partial charge in [0.25, 0.3) is 5.91 Å². The summed E-state index contributed by atoms with van der Waals surface area (Å²) in [5.74, 6) is 2.85. The van der Waals surface area contributed by atoms with E-state index in [-0.39, 0.29) is 11.3 Å². The fourth-order valence-electron chi connectivity index (χ4n) is 4.28. The molecule has 0 saturated carbocycles. The maximum absolute atomic E-state index is 13.4. The van der Waals surface area contributed by atoms with Gasteiger partial charge in [0, 0.05) is 19.5 Å². The monoisotopic (exact) mass is 491 g/mol. The van der Waals surface area contributed by atoms with Crippen LogP contribution in [0.5, 0.6) is 11.5 Å². The number of hydrogen-bond acceptors (Lipinski definition) is 4. The van der Waals surface area contributed by atoms with Crippen LogP contribution in [0.3, 0.4) is 0 Å². The summed E-state index contributed by atoms with van der Waals surface area (Å²) in [7, 11) is 3.26. The van der Waals surface area contributed by atoms with Crippen LogP contribution < -0.4 is 9.47 Å². The minimum absolute atomic E-state index is 0.0735. The molecule has 1 aromatic heterocycles. The quantitative estimate of drug-likeness (QED) is 0.312. The summed E-state index contributed by atoms with van der Waals surface area (Å²) in [4.78, 5) is 15.3. The van der Waals surface area contributed by atoms with E-state index in [4.69, 9.17) is 13.9 Å². The van der Waals surface area contributed by atoms with Crippen molar-refractivity contribution in [2.45, 2.75) is 59.8 Å². The normalized spacial score (nSPS) is 11.6. The van der Waals surface area contributed by atoms with E-state index < -0.39 is 0 Å². The second-order valence-corrected chi connectivity index (χ2v) is 10.9. The summed E-state index contributed by atoms with van der Waals surface area (Å²) in [5.41, 5.74) is 4.91. The predicted molar refractivity (Wildman–Crippen MR) is 145 cm³/mol. The van der Waals surface area contributed by atoms with Crippen LogP contribution in [0.25, 0.3) is 0 Å². The molecule has 0 aliphatic rings. The van der Waals surface area contributed by atoms with Crippen molar-refractivity contribution in [3.8, 4) is 11.5 Å². The second-order valence-electron chi connectivity index (χ2n) is 10.9. The van der Waals surface area contributed by atoms with Gasteiger partial charge in [-0.25, -0.2) is 0 Å². The number of hydrogen-bond donors (Lipinski definition) is 0. The first-order chi connectivity index (χ1) is 17.0. The maximum Gasteiger partial charge on any atom is 0.289 e. The Labute approximate surface area is 216 Å². The summed E-state index contributed by atoms with van der Waals surface area (Å²) in [6.45, 7) is 14.3. The lowest BCUT2D eigenvalue weighted by Gasteiger charge is -2.24. The zero-order chi connectivity index (χ0) is 26.5. The number of methoxy groups -OCH3 is 2. The van der Waals surface area contributed by atoms with Gasteiger partial charge in [0.05, 0.1) is 14.2 Å². The number of carbonyl (C=O) groups is 1. The van der Waals surface area contributed by atoms with Gasteiger partial charge in [-0.3, -0.25) is 4.79 Å². The van der Waals surface area contributed by atoms with Crippen molar-refractivity contribution in [2.24, 2.45) is 5.92 Å². The van der Waals surface area contributed by atoms with Crippen molar-refractivity contribution in [3.63, 3.8) is 0 Å². The first kappa shape index (κ1) is 27.4. The SMILES string of the molecule is COc1ccc(CCN(CC(C)C)C(=O)c2ccc(Cc3cc(C(C)(C)C)ccc3C)o2)cc1OC. The standard InChI is InChI=1S/C31H41NO4/c1-21(2)20-32(16-15-23-10-13-27(34-7)29(17-23)35-8)30(33)28-14-12-26(36-28)19-24-18-25(31(4,5)6)11-9-22(24)3/h9-14,17-18,21H,15-16,19-20H2,1-8H3. The van der Waals surface area contributed by atoms with Crippen LogP contribution in [0.15, 0.2) is 52.9 Å². The Hall–Kier alpha value is -3.21. The largest absolute Gasteiger partial charge is 0.493 e. The van der Waals surface area contributed by atoms with Gasteiger partial charge in [-0.05, 0) is 71.2 Å². The van der Waals surface area contributed by atoms with Crippen molar-refractivity contribution in [1.29, 1.82) is 0 Å². The van der Waals surface area contributed by atoms with Crippen LogP contribution >= 0.6 is 0 Å². The van der Waals surface area contributed by atoms with Crippen molar-refractivity contribution in [2.75, 3.05) is 27.3 Å². The Balaban J connectivity index is 1.75. The van der Waals surface area contributed by atoms with Gasteiger partial charge in [0.1, 0.15) is 5.76 Å². The van der Waals surface area contributed by atoms with E-state index in [1.54, 1.807) is 14.2 Å². The first-order valence-electron chi connectivity index (χ1n) is 12.7. The molecule has 0 aliphatic carbocycles. The molecule has 3 aromatic rings. The summed E-state index contributed by atoms with van der Waals surface area (Å²) in [6.07, 6.45) is 1.38. The zero-order valence-electron chi connectivity index (χ0n) is 23.1. The first-order valence-corrected chi connectivity index (χ1v) is 12.7. The predicted octanol–water partition coefficient (Wildman–Crippen LogP) is 6.83. The number of aryl methyl sites for hydroxylation is 1. The van der Waals surface area contributed by atoms with Crippen molar-refractivity contribution < 1.29 is 18.7 Å². The molecule has 3 rings (SSSR count). The molecule has 0 saturated heterocycles. The Morgan fingerprint density at radius 3 is 2.33 bits per heavy atom. The molecule has 0 bridgehead atoms. The second kappa shape index (κ2) is 11.7. The smallest absolute Gasteiger partial charge is 0.289 e. The average Bonchev–Trinajstić information content (AvgIpc) is 3.30. The van der Waals surface area contributed by atoms with Crippen molar-refractivity contribution in [3.05, 3.63) is 82.3 Å². The highest BCUT2D eigenvalue weighted by molar-refractivity contribution is 5.91. The summed E-state index contributed by atoms with van der Waals surface area (Å²) in [5, 5.41) is 0. The molecule has 0 aliphatic heterocycles.